The molecule has 0 N–H and O–H groups in total. The highest BCUT2D eigenvalue weighted by molar-refractivity contribution is 7.99. The van der Waals surface area contributed by atoms with Crippen molar-refractivity contribution in [2.75, 3.05) is 20.3 Å². The number of benzene rings is 1. The summed E-state index contributed by atoms with van der Waals surface area (Å²) in [7, 11) is 1.64. The van der Waals surface area contributed by atoms with E-state index in [9.17, 15) is 14.9 Å². The minimum Gasteiger partial charge on any atom is -0.497 e. The van der Waals surface area contributed by atoms with Gasteiger partial charge in [-0.1, -0.05) is 12.1 Å². The molecule has 1 aromatic rings. The molecule has 1 saturated heterocycles. The lowest BCUT2D eigenvalue weighted by molar-refractivity contribution is -0.146. The van der Waals surface area contributed by atoms with E-state index in [1.807, 2.05) is 51.1 Å². The SMILES string of the molecule is CCOC(=O)C(C#N)CC1CC(SCc2ccc(OC)cc2)CN1C(=O)OC(C)(C)C. The van der Waals surface area contributed by atoms with Crippen LogP contribution in [0.3, 0.4) is 0 Å². The van der Waals surface area contributed by atoms with Gasteiger partial charge in [-0.2, -0.15) is 17.0 Å². The van der Waals surface area contributed by atoms with E-state index in [1.54, 1.807) is 30.7 Å². The fourth-order valence-corrected chi connectivity index (χ4v) is 4.66. The molecule has 0 aromatic heterocycles. The van der Waals surface area contributed by atoms with Crippen LogP contribution in [0.15, 0.2) is 24.3 Å². The Balaban J connectivity index is 2.07. The number of ether oxygens (including phenoxy) is 3. The molecule has 7 nitrogen and oxygen atoms in total. The lowest BCUT2D eigenvalue weighted by Gasteiger charge is -2.29. The van der Waals surface area contributed by atoms with Gasteiger partial charge in [0, 0.05) is 23.6 Å². The van der Waals surface area contributed by atoms with Gasteiger partial charge < -0.3 is 19.1 Å². The second kappa shape index (κ2) is 11.3. The molecular formula is C23H32N2O5S. The van der Waals surface area contributed by atoms with Crippen LogP contribution in [0.5, 0.6) is 5.75 Å². The van der Waals surface area contributed by atoms with E-state index in [2.05, 4.69) is 0 Å². The van der Waals surface area contributed by atoms with E-state index in [-0.39, 0.29) is 24.3 Å². The molecule has 0 bridgehead atoms. The van der Waals surface area contributed by atoms with Crippen LogP contribution >= 0.6 is 11.8 Å². The Hall–Kier alpha value is -2.40. The molecule has 0 spiro atoms. The summed E-state index contributed by atoms with van der Waals surface area (Å²) in [5.74, 6) is 0.166. The molecule has 1 amide bonds. The summed E-state index contributed by atoms with van der Waals surface area (Å²) < 4.78 is 15.8. The Morgan fingerprint density at radius 2 is 1.97 bits per heavy atom. The molecule has 0 saturated carbocycles. The predicted octanol–water partition coefficient (Wildman–Crippen LogP) is 4.40. The highest BCUT2D eigenvalue weighted by Crippen LogP contribution is 2.34. The molecule has 1 aliphatic heterocycles. The molecule has 2 rings (SSSR count). The minimum atomic E-state index is -0.903. The standard InChI is InChI=1S/C23H32N2O5S/c1-6-29-21(26)17(13-24)11-18-12-20(14-25(18)22(27)30-23(2,3)4)31-15-16-7-9-19(28-5)10-8-16/h7-10,17-18,20H,6,11-12,14-15H2,1-5H3. The van der Waals surface area contributed by atoms with Crippen molar-refractivity contribution in [3.8, 4) is 11.8 Å². The molecule has 3 atom stereocenters. The van der Waals surface area contributed by atoms with Gasteiger partial charge >= 0.3 is 12.1 Å². The smallest absolute Gasteiger partial charge is 0.410 e. The van der Waals surface area contributed by atoms with Crippen LogP contribution in [-0.4, -0.2) is 54.1 Å². The number of nitrogens with zero attached hydrogens (tertiary/aromatic N) is 2. The fraction of sp³-hybridized carbons (Fsp3) is 0.609. The summed E-state index contributed by atoms with van der Waals surface area (Å²) in [6.07, 6.45) is 0.525. The summed E-state index contributed by atoms with van der Waals surface area (Å²) in [5.41, 5.74) is 0.547. The van der Waals surface area contributed by atoms with E-state index in [1.165, 1.54) is 5.56 Å². The lowest BCUT2D eigenvalue weighted by Crippen LogP contribution is -2.41. The van der Waals surface area contributed by atoms with Crippen molar-refractivity contribution in [1.29, 1.82) is 5.26 Å². The van der Waals surface area contributed by atoms with Crippen molar-refractivity contribution in [1.82, 2.24) is 4.90 Å². The van der Waals surface area contributed by atoms with Crippen molar-refractivity contribution < 1.29 is 23.8 Å². The second-order valence-electron chi connectivity index (χ2n) is 8.47. The first-order valence-corrected chi connectivity index (χ1v) is 11.5. The third-order valence-electron chi connectivity index (χ3n) is 4.88. The Labute approximate surface area is 189 Å². The Bertz CT molecular complexity index is 785. The van der Waals surface area contributed by atoms with Crippen LogP contribution in [0.2, 0.25) is 0 Å². The van der Waals surface area contributed by atoms with Gasteiger partial charge in [-0.3, -0.25) is 4.79 Å². The Morgan fingerprint density at radius 3 is 2.52 bits per heavy atom. The average Bonchev–Trinajstić information content (AvgIpc) is 3.12. The maximum atomic E-state index is 12.8. The van der Waals surface area contributed by atoms with Crippen LogP contribution in [0.25, 0.3) is 0 Å². The summed E-state index contributed by atoms with van der Waals surface area (Å²) in [5, 5.41) is 9.64. The molecule has 8 heteroatoms. The second-order valence-corrected chi connectivity index (χ2v) is 9.76. The van der Waals surface area contributed by atoms with E-state index in [4.69, 9.17) is 14.2 Å². The first-order valence-electron chi connectivity index (χ1n) is 10.5. The van der Waals surface area contributed by atoms with E-state index < -0.39 is 23.6 Å². The van der Waals surface area contributed by atoms with E-state index in [0.29, 0.717) is 13.0 Å². The zero-order valence-corrected chi connectivity index (χ0v) is 19.7. The summed E-state index contributed by atoms with van der Waals surface area (Å²) in [4.78, 5) is 26.6. The number of carbonyl (C=O) groups excluding carboxylic acids is 2. The third kappa shape index (κ3) is 7.66. The molecule has 1 fully saturated rings. The molecule has 170 valence electrons. The van der Waals surface area contributed by atoms with Gasteiger partial charge in [-0.05, 0) is 58.2 Å². The van der Waals surface area contributed by atoms with Crippen molar-refractivity contribution in [3.63, 3.8) is 0 Å². The van der Waals surface area contributed by atoms with Crippen LogP contribution in [0.4, 0.5) is 4.79 Å². The fourth-order valence-electron chi connectivity index (χ4n) is 3.41. The molecule has 0 aliphatic carbocycles. The van der Waals surface area contributed by atoms with Crippen molar-refractivity contribution in [2.24, 2.45) is 5.92 Å². The number of esters is 1. The largest absolute Gasteiger partial charge is 0.497 e. The van der Waals surface area contributed by atoms with Crippen LogP contribution in [0.1, 0.15) is 46.1 Å². The minimum absolute atomic E-state index is 0.182. The Kier molecular flexibility index (Phi) is 9.05. The molecule has 3 unspecified atom stereocenters. The molecule has 31 heavy (non-hydrogen) atoms. The zero-order valence-electron chi connectivity index (χ0n) is 18.9. The summed E-state index contributed by atoms with van der Waals surface area (Å²) in [6.45, 7) is 7.91. The number of likely N-dealkylation sites (tertiary alicyclic amines) is 1. The summed E-state index contributed by atoms with van der Waals surface area (Å²) >= 11 is 1.76. The van der Waals surface area contributed by atoms with E-state index in [0.717, 1.165) is 11.5 Å². The average molecular weight is 449 g/mol. The van der Waals surface area contributed by atoms with Gasteiger partial charge in [0.2, 0.25) is 0 Å². The van der Waals surface area contributed by atoms with Crippen LogP contribution in [0, 0.1) is 17.2 Å². The van der Waals surface area contributed by atoms with Gasteiger partial charge in [0.1, 0.15) is 17.3 Å². The lowest BCUT2D eigenvalue weighted by atomic mass is 9.99. The topological polar surface area (TPSA) is 88.9 Å². The Morgan fingerprint density at radius 1 is 1.29 bits per heavy atom. The van der Waals surface area contributed by atoms with Crippen molar-refractivity contribution in [3.05, 3.63) is 29.8 Å². The molecule has 1 heterocycles. The van der Waals surface area contributed by atoms with Gasteiger partial charge in [0.05, 0.1) is 19.8 Å². The number of thioether (sulfide) groups is 1. The number of hydrogen-bond acceptors (Lipinski definition) is 7. The highest BCUT2D eigenvalue weighted by atomic mass is 32.2. The predicted molar refractivity (Wildman–Crippen MR) is 120 cm³/mol. The van der Waals surface area contributed by atoms with Crippen molar-refractivity contribution >= 4 is 23.8 Å². The van der Waals surface area contributed by atoms with Crippen molar-refractivity contribution in [2.45, 2.75) is 63.2 Å². The van der Waals surface area contributed by atoms with Gasteiger partial charge in [0.15, 0.2) is 0 Å². The zero-order chi connectivity index (χ0) is 23.0. The number of nitriles is 1. The molecule has 1 aliphatic rings. The molecular weight excluding hydrogens is 416 g/mol. The molecule has 1 aromatic carbocycles. The monoisotopic (exact) mass is 448 g/mol. The first-order chi connectivity index (χ1) is 14.7. The summed E-state index contributed by atoms with van der Waals surface area (Å²) in [6, 6.07) is 9.68. The molecule has 0 radical (unpaired) electrons. The van der Waals surface area contributed by atoms with Gasteiger partial charge in [0.25, 0.3) is 0 Å². The number of hydrogen-bond donors (Lipinski definition) is 0. The van der Waals surface area contributed by atoms with Crippen LogP contribution < -0.4 is 4.74 Å². The number of rotatable bonds is 8. The van der Waals surface area contributed by atoms with Gasteiger partial charge in [-0.25, -0.2) is 4.79 Å². The third-order valence-corrected chi connectivity index (χ3v) is 6.20. The van der Waals surface area contributed by atoms with E-state index >= 15 is 0 Å². The van der Waals surface area contributed by atoms with Gasteiger partial charge in [-0.15, -0.1) is 0 Å². The maximum absolute atomic E-state index is 12.8. The quantitative estimate of drug-likeness (QED) is 0.545. The first kappa shape index (κ1) is 24.9. The highest BCUT2D eigenvalue weighted by Gasteiger charge is 2.40. The maximum Gasteiger partial charge on any atom is 0.410 e. The number of methoxy groups -OCH3 is 1. The number of carbonyl (C=O) groups is 2. The number of amides is 1. The normalized spacial score (nSPS) is 19.4. The van der Waals surface area contributed by atoms with Crippen LogP contribution in [-0.2, 0) is 20.0 Å².